The average molecular weight is 327 g/mol. The molecule has 1 saturated heterocycles. The van der Waals surface area contributed by atoms with Gasteiger partial charge in [0.05, 0.1) is 12.0 Å². The Bertz CT molecular complexity index is 735. The summed E-state index contributed by atoms with van der Waals surface area (Å²) in [6, 6.07) is 5.68. The number of hydrogen-bond donors (Lipinski definition) is 0. The van der Waals surface area contributed by atoms with Crippen LogP contribution in [0, 0.1) is 0 Å². The van der Waals surface area contributed by atoms with Crippen LogP contribution in [-0.4, -0.2) is 46.0 Å². The number of thiazole rings is 1. The summed E-state index contributed by atoms with van der Waals surface area (Å²) in [5.41, 5.74) is 1.10. The SMILES string of the molecule is c1cnc(N2CCN(Cc3csc(-c4ccco4)n3)CC2)nc1. The van der Waals surface area contributed by atoms with Gasteiger partial charge in [-0.1, -0.05) is 0 Å². The van der Waals surface area contributed by atoms with Gasteiger partial charge in [-0.3, -0.25) is 4.90 Å². The van der Waals surface area contributed by atoms with E-state index in [1.54, 1.807) is 30.0 Å². The second kappa shape index (κ2) is 6.47. The van der Waals surface area contributed by atoms with Crippen molar-refractivity contribution in [1.29, 1.82) is 0 Å². The first kappa shape index (κ1) is 14.3. The van der Waals surface area contributed by atoms with Gasteiger partial charge in [0.25, 0.3) is 0 Å². The van der Waals surface area contributed by atoms with Crippen molar-refractivity contribution in [3.05, 3.63) is 47.9 Å². The van der Waals surface area contributed by atoms with E-state index >= 15 is 0 Å². The summed E-state index contributed by atoms with van der Waals surface area (Å²) in [4.78, 5) is 18.0. The topological polar surface area (TPSA) is 58.3 Å². The lowest BCUT2D eigenvalue weighted by Gasteiger charge is -2.34. The summed E-state index contributed by atoms with van der Waals surface area (Å²) < 4.78 is 5.40. The van der Waals surface area contributed by atoms with E-state index in [2.05, 4.69) is 30.1 Å². The molecule has 3 aromatic rings. The minimum Gasteiger partial charge on any atom is -0.462 e. The van der Waals surface area contributed by atoms with Crippen molar-refractivity contribution in [2.45, 2.75) is 6.54 Å². The molecule has 4 heterocycles. The van der Waals surface area contributed by atoms with Crippen LogP contribution in [0.2, 0.25) is 0 Å². The van der Waals surface area contributed by atoms with Crippen LogP contribution in [-0.2, 0) is 6.54 Å². The molecule has 0 amide bonds. The van der Waals surface area contributed by atoms with E-state index in [1.807, 2.05) is 18.2 Å². The van der Waals surface area contributed by atoms with E-state index in [4.69, 9.17) is 4.42 Å². The maximum Gasteiger partial charge on any atom is 0.225 e. The van der Waals surface area contributed by atoms with Crippen LogP contribution < -0.4 is 4.90 Å². The van der Waals surface area contributed by atoms with Gasteiger partial charge in [0.1, 0.15) is 0 Å². The summed E-state index contributed by atoms with van der Waals surface area (Å²) in [6.45, 7) is 4.75. The van der Waals surface area contributed by atoms with E-state index in [9.17, 15) is 0 Å². The highest BCUT2D eigenvalue weighted by Crippen LogP contribution is 2.24. The predicted molar refractivity (Wildman–Crippen MR) is 89.3 cm³/mol. The molecule has 4 rings (SSSR count). The van der Waals surface area contributed by atoms with E-state index < -0.39 is 0 Å². The minimum absolute atomic E-state index is 0.820. The van der Waals surface area contributed by atoms with E-state index in [0.717, 1.165) is 55.1 Å². The number of rotatable bonds is 4. The van der Waals surface area contributed by atoms with Gasteiger partial charge in [0.15, 0.2) is 10.8 Å². The highest BCUT2D eigenvalue weighted by Gasteiger charge is 2.19. The molecule has 118 valence electrons. The zero-order chi connectivity index (χ0) is 15.5. The summed E-state index contributed by atoms with van der Waals surface area (Å²) in [5, 5.41) is 3.06. The highest BCUT2D eigenvalue weighted by atomic mass is 32.1. The molecule has 0 aliphatic carbocycles. The predicted octanol–water partition coefficient (Wildman–Crippen LogP) is 2.52. The van der Waals surface area contributed by atoms with Gasteiger partial charge >= 0.3 is 0 Å². The molecule has 1 fully saturated rings. The van der Waals surface area contributed by atoms with Gasteiger partial charge in [-0.05, 0) is 18.2 Å². The molecule has 1 aliphatic heterocycles. The van der Waals surface area contributed by atoms with Crippen molar-refractivity contribution < 1.29 is 4.42 Å². The molecular weight excluding hydrogens is 310 g/mol. The van der Waals surface area contributed by atoms with Gasteiger partial charge in [-0.15, -0.1) is 11.3 Å². The summed E-state index contributed by atoms with van der Waals surface area (Å²) in [5.74, 6) is 1.66. The van der Waals surface area contributed by atoms with Crippen LogP contribution in [0.25, 0.3) is 10.8 Å². The number of anilines is 1. The smallest absolute Gasteiger partial charge is 0.225 e. The molecule has 0 aromatic carbocycles. The van der Waals surface area contributed by atoms with Crippen molar-refractivity contribution in [3.63, 3.8) is 0 Å². The third-order valence-corrected chi connectivity index (χ3v) is 4.78. The normalized spacial score (nSPS) is 15.9. The van der Waals surface area contributed by atoms with Crippen LogP contribution in [0.4, 0.5) is 5.95 Å². The third kappa shape index (κ3) is 3.25. The number of hydrogen-bond acceptors (Lipinski definition) is 7. The number of aromatic nitrogens is 3. The standard InChI is InChI=1S/C16H17N5OS/c1-3-14(22-10-1)15-19-13(12-23-15)11-20-6-8-21(9-7-20)16-17-4-2-5-18-16/h1-5,10,12H,6-9,11H2. The molecule has 0 saturated carbocycles. The lowest BCUT2D eigenvalue weighted by Crippen LogP contribution is -2.46. The Balaban J connectivity index is 1.35. The van der Waals surface area contributed by atoms with Crippen LogP contribution in [0.5, 0.6) is 0 Å². The van der Waals surface area contributed by atoms with Crippen molar-refractivity contribution >= 4 is 17.3 Å². The monoisotopic (exact) mass is 327 g/mol. The fourth-order valence-corrected chi connectivity index (χ4v) is 3.46. The van der Waals surface area contributed by atoms with E-state index in [1.165, 1.54) is 0 Å². The van der Waals surface area contributed by atoms with Gasteiger partial charge in [-0.25, -0.2) is 15.0 Å². The highest BCUT2D eigenvalue weighted by molar-refractivity contribution is 7.13. The number of piperazine rings is 1. The maximum atomic E-state index is 5.40. The Morgan fingerprint density at radius 2 is 1.91 bits per heavy atom. The van der Waals surface area contributed by atoms with Crippen molar-refractivity contribution in [1.82, 2.24) is 19.9 Å². The average Bonchev–Trinajstić information content (AvgIpc) is 3.28. The first-order chi connectivity index (χ1) is 11.4. The van der Waals surface area contributed by atoms with Crippen LogP contribution in [0.15, 0.2) is 46.7 Å². The molecule has 0 N–H and O–H groups in total. The number of furan rings is 1. The molecule has 0 bridgehead atoms. The fourth-order valence-electron chi connectivity index (χ4n) is 2.68. The second-order valence-electron chi connectivity index (χ2n) is 5.43. The van der Waals surface area contributed by atoms with Crippen molar-refractivity contribution in [2.24, 2.45) is 0 Å². The first-order valence-corrected chi connectivity index (χ1v) is 8.49. The Hall–Kier alpha value is -2.25. The van der Waals surface area contributed by atoms with Gasteiger partial charge < -0.3 is 9.32 Å². The van der Waals surface area contributed by atoms with E-state index in [0.29, 0.717) is 0 Å². The Morgan fingerprint density at radius 3 is 2.65 bits per heavy atom. The second-order valence-corrected chi connectivity index (χ2v) is 6.29. The van der Waals surface area contributed by atoms with Crippen molar-refractivity contribution in [2.75, 3.05) is 31.1 Å². The van der Waals surface area contributed by atoms with Gasteiger partial charge in [0, 0.05) is 50.5 Å². The molecule has 23 heavy (non-hydrogen) atoms. The summed E-state index contributed by atoms with van der Waals surface area (Å²) in [7, 11) is 0. The zero-order valence-corrected chi connectivity index (χ0v) is 13.4. The number of nitrogens with zero attached hydrogens (tertiary/aromatic N) is 5. The summed E-state index contributed by atoms with van der Waals surface area (Å²) in [6.07, 6.45) is 5.27. The van der Waals surface area contributed by atoms with Crippen molar-refractivity contribution in [3.8, 4) is 10.8 Å². The minimum atomic E-state index is 0.820. The Kier molecular flexibility index (Phi) is 4.04. The molecule has 0 atom stereocenters. The zero-order valence-electron chi connectivity index (χ0n) is 12.6. The lowest BCUT2D eigenvalue weighted by atomic mass is 10.3. The molecule has 0 spiro atoms. The van der Waals surface area contributed by atoms with Crippen LogP contribution in [0.1, 0.15) is 5.69 Å². The molecule has 7 heteroatoms. The molecule has 6 nitrogen and oxygen atoms in total. The first-order valence-electron chi connectivity index (χ1n) is 7.61. The quantitative estimate of drug-likeness (QED) is 0.734. The van der Waals surface area contributed by atoms with Gasteiger partial charge in [0.2, 0.25) is 5.95 Å². The molecular formula is C16H17N5OS. The molecule has 3 aromatic heterocycles. The lowest BCUT2D eigenvalue weighted by molar-refractivity contribution is 0.246. The molecule has 1 aliphatic rings. The molecule has 0 radical (unpaired) electrons. The van der Waals surface area contributed by atoms with E-state index in [-0.39, 0.29) is 0 Å². The van der Waals surface area contributed by atoms with Gasteiger partial charge in [-0.2, -0.15) is 0 Å². The third-order valence-electron chi connectivity index (χ3n) is 3.88. The Labute approximate surface area is 138 Å². The molecule has 0 unspecified atom stereocenters. The van der Waals surface area contributed by atoms with Crippen LogP contribution >= 0.6 is 11.3 Å². The van der Waals surface area contributed by atoms with Crippen LogP contribution in [0.3, 0.4) is 0 Å². The summed E-state index contributed by atoms with van der Waals surface area (Å²) >= 11 is 1.63. The fraction of sp³-hybridized carbons (Fsp3) is 0.312. The maximum absolute atomic E-state index is 5.40. The Morgan fingerprint density at radius 1 is 1.09 bits per heavy atom. The largest absolute Gasteiger partial charge is 0.462 e.